The number of methoxy groups -OCH3 is 1. The molecule has 1 aliphatic carbocycles. The van der Waals surface area contributed by atoms with E-state index >= 15 is 0 Å². The average molecular weight is 464 g/mol. The first kappa shape index (κ1) is 24.4. The molecule has 0 saturated heterocycles. The van der Waals surface area contributed by atoms with E-state index in [-0.39, 0.29) is 18.9 Å². The van der Waals surface area contributed by atoms with E-state index in [0.717, 1.165) is 22.8 Å². The fraction of sp³-hybridized carbons (Fsp3) is 0.500. The minimum Gasteiger partial charge on any atom is -0.493 e. The summed E-state index contributed by atoms with van der Waals surface area (Å²) in [6.45, 7) is 2.19. The highest BCUT2D eigenvalue weighted by molar-refractivity contribution is 7.89. The molecule has 0 unspecified atom stereocenters. The number of benzene rings is 2. The molecule has 0 atom stereocenters. The second-order valence-electron chi connectivity index (χ2n) is 7.84. The quantitative estimate of drug-likeness (QED) is 0.384. The molecule has 3 rings (SSSR count). The molecule has 0 aromatic heterocycles. The third-order valence-electron chi connectivity index (χ3n) is 5.06. The minimum absolute atomic E-state index is 0.0481. The number of para-hydroxylation sites is 1. The van der Waals surface area contributed by atoms with Crippen LogP contribution in [0.1, 0.15) is 24.8 Å². The number of aryl methyl sites for hydroxylation is 1. The molecule has 0 heterocycles. The molecule has 1 N–H and O–H groups in total. The Bertz CT molecular complexity index is 915. The Morgan fingerprint density at radius 1 is 0.938 bits per heavy atom. The van der Waals surface area contributed by atoms with Gasteiger partial charge in [-0.15, -0.1) is 0 Å². The normalized spacial score (nSPS) is 13.7. The Morgan fingerprint density at radius 2 is 1.72 bits per heavy atom. The van der Waals surface area contributed by atoms with Crippen LogP contribution in [-0.2, 0) is 21.2 Å². The van der Waals surface area contributed by atoms with Crippen LogP contribution in [0.5, 0.6) is 17.2 Å². The van der Waals surface area contributed by atoms with Gasteiger partial charge in [-0.25, -0.2) is 13.1 Å². The molecule has 2 aromatic carbocycles. The summed E-state index contributed by atoms with van der Waals surface area (Å²) in [6.07, 6.45) is 3.52. The van der Waals surface area contributed by atoms with Crippen LogP contribution in [0.25, 0.3) is 0 Å². The highest BCUT2D eigenvalue weighted by atomic mass is 32.2. The van der Waals surface area contributed by atoms with Crippen molar-refractivity contribution in [2.75, 3.05) is 45.8 Å². The summed E-state index contributed by atoms with van der Waals surface area (Å²) in [4.78, 5) is 0. The van der Waals surface area contributed by atoms with E-state index in [2.05, 4.69) is 4.72 Å². The second kappa shape index (κ2) is 12.7. The van der Waals surface area contributed by atoms with Gasteiger partial charge >= 0.3 is 0 Å². The van der Waals surface area contributed by atoms with E-state index in [9.17, 15) is 8.42 Å². The van der Waals surface area contributed by atoms with E-state index < -0.39 is 10.0 Å². The summed E-state index contributed by atoms with van der Waals surface area (Å²) < 4.78 is 49.5. The lowest BCUT2D eigenvalue weighted by Crippen LogP contribution is -2.30. The van der Waals surface area contributed by atoms with Gasteiger partial charge in [-0.2, -0.15) is 0 Å². The van der Waals surface area contributed by atoms with E-state index in [1.54, 1.807) is 7.11 Å². The van der Waals surface area contributed by atoms with Crippen molar-refractivity contribution >= 4 is 10.0 Å². The minimum atomic E-state index is -3.37. The zero-order valence-electron chi connectivity index (χ0n) is 18.6. The first-order valence-corrected chi connectivity index (χ1v) is 12.7. The van der Waals surface area contributed by atoms with Crippen LogP contribution in [0.4, 0.5) is 0 Å². The van der Waals surface area contributed by atoms with Crippen molar-refractivity contribution in [2.24, 2.45) is 5.92 Å². The fourth-order valence-electron chi connectivity index (χ4n) is 3.11. The van der Waals surface area contributed by atoms with Crippen molar-refractivity contribution in [3.63, 3.8) is 0 Å². The number of hydrogen-bond donors (Lipinski definition) is 1. The molecule has 1 fully saturated rings. The first-order chi connectivity index (χ1) is 15.6. The summed E-state index contributed by atoms with van der Waals surface area (Å²) in [6, 6.07) is 15.1. The van der Waals surface area contributed by atoms with Gasteiger partial charge in [0.15, 0.2) is 0 Å². The van der Waals surface area contributed by atoms with Gasteiger partial charge in [0, 0.05) is 19.7 Å². The van der Waals surface area contributed by atoms with Crippen LogP contribution < -0.4 is 18.9 Å². The van der Waals surface area contributed by atoms with Crippen LogP contribution >= 0.6 is 0 Å². The molecular weight excluding hydrogens is 430 g/mol. The average Bonchev–Trinajstić information content (AvgIpc) is 3.62. The highest BCUT2D eigenvalue weighted by Crippen LogP contribution is 2.32. The highest BCUT2D eigenvalue weighted by Gasteiger charge is 2.22. The lowest BCUT2D eigenvalue weighted by atomic mass is 10.1. The SMILES string of the molecule is COCCOc1ccc(CCCS(=O)(=O)NCCOc2ccccc2)c(OCC2CC2)c1. The summed E-state index contributed by atoms with van der Waals surface area (Å²) >= 11 is 0. The molecule has 0 spiro atoms. The Labute approximate surface area is 191 Å². The van der Waals surface area contributed by atoms with Crippen LogP contribution in [0.2, 0.25) is 0 Å². The maximum atomic E-state index is 12.3. The molecule has 7 nitrogen and oxygen atoms in total. The molecule has 0 radical (unpaired) electrons. The summed E-state index contributed by atoms with van der Waals surface area (Å²) in [5, 5.41) is 0. The molecule has 0 aliphatic heterocycles. The van der Waals surface area contributed by atoms with Crippen molar-refractivity contribution in [2.45, 2.75) is 25.7 Å². The van der Waals surface area contributed by atoms with Crippen molar-refractivity contribution < 1.29 is 27.4 Å². The molecule has 0 amide bonds. The van der Waals surface area contributed by atoms with Gasteiger partial charge in [-0.1, -0.05) is 24.3 Å². The van der Waals surface area contributed by atoms with E-state index in [1.165, 1.54) is 12.8 Å². The summed E-state index contributed by atoms with van der Waals surface area (Å²) in [7, 11) is -1.73. The van der Waals surface area contributed by atoms with Crippen molar-refractivity contribution in [3.8, 4) is 17.2 Å². The molecular formula is C24H33NO6S. The zero-order chi connectivity index (χ0) is 22.7. The van der Waals surface area contributed by atoms with Crippen LogP contribution in [0.3, 0.4) is 0 Å². The lowest BCUT2D eigenvalue weighted by Gasteiger charge is -2.14. The Morgan fingerprint density at radius 3 is 2.47 bits per heavy atom. The maximum Gasteiger partial charge on any atom is 0.211 e. The molecule has 32 heavy (non-hydrogen) atoms. The van der Waals surface area contributed by atoms with Crippen LogP contribution in [-0.4, -0.2) is 54.3 Å². The molecule has 8 heteroatoms. The van der Waals surface area contributed by atoms with E-state index in [4.69, 9.17) is 18.9 Å². The van der Waals surface area contributed by atoms with E-state index in [1.807, 2.05) is 48.5 Å². The van der Waals surface area contributed by atoms with Crippen molar-refractivity contribution in [1.29, 1.82) is 0 Å². The topological polar surface area (TPSA) is 83.1 Å². The zero-order valence-corrected chi connectivity index (χ0v) is 19.4. The third-order valence-corrected chi connectivity index (χ3v) is 6.53. The van der Waals surface area contributed by atoms with Gasteiger partial charge in [0.1, 0.15) is 30.5 Å². The predicted molar refractivity (Wildman–Crippen MR) is 124 cm³/mol. The second-order valence-corrected chi connectivity index (χ2v) is 9.77. The monoisotopic (exact) mass is 463 g/mol. The van der Waals surface area contributed by atoms with Crippen LogP contribution in [0.15, 0.2) is 48.5 Å². The van der Waals surface area contributed by atoms with Gasteiger partial charge in [-0.3, -0.25) is 0 Å². The summed E-state index contributed by atoms with van der Waals surface area (Å²) in [5.41, 5.74) is 0.993. The number of hydrogen-bond acceptors (Lipinski definition) is 6. The third kappa shape index (κ3) is 9.06. The number of ether oxygens (including phenoxy) is 4. The lowest BCUT2D eigenvalue weighted by molar-refractivity contribution is 0.146. The first-order valence-electron chi connectivity index (χ1n) is 11.1. The smallest absolute Gasteiger partial charge is 0.211 e. The number of rotatable bonds is 16. The van der Waals surface area contributed by atoms with Gasteiger partial charge in [-0.05, 0) is 55.4 Å². The summed E-state index contributed by atoms with van der Waals surface area (Å²) in [5.74, 6) is 2.90. The molecule has 0 bridgehead atoms. The Kier molecular flexibility index (Phi) is 9.64. The standard InChI is InChI=1S/C24H33NO6S/c1-28-15-16-30-23-12-11-21(24(18-23)31-19-20-9-10-20)6-5-17-32(26,27)25-13-14-29-22-7-3-2-4-8-22/h2-4,7-8,11-12,18,20,25H,5-6,9-10,13-17,19H2,1H3. The van der Waals surface area contributed by atoms with E-state index in [0.29, 0.717) is 38.6 Å². The fourth-order valence-corrected chi connectivity index (χ4v) is 4.17. The number of sulfonamides is 1. The van der Waals surface area contributed by atoms with Crippen molar-refractivity contribution in [1.82, 2.24) is 4.72 Å². The number of nitrogens with one attached hydrogen (secondary N) is 1. The van der Waals surface area contributed by atoms with Gasteiger partial charge in [0.05, 0.1) is 19.0 Å². The Hall–Kier alpha value is -2.29. The predicted octanol–water partition coefficient (Wildman–Crippen LogP) is 3.43. The van der Waals surface area contributed by atoms with Gasteiger partial charge < -0.3 is 18.9 Å². The molecule has 2 aromatic rings. The maximum absolute atomic E-state index is 12.3. The molecule has 176 valence electrons. The van der Waals surface area contributed by atoms with Crippen molar-refractivity contribution in [3.05, 3.63) is 54.1 Å². The molecule has 1 aliphatic rings. The largest absolute Gasteiger partial charge is 0.493 e. The Balaban J connectivity index is 1.44. The van der Waals surface area contributed by atoms with Crippen LogP contribution in [0, 0.1) is 5.92 Å². The van der Waals surface area contributed by atoms with Gasteiger partial charge in [0.25, 0.3) is 0 Å². The van der Waals surface area contributed by atoms with Gasteiger partial charge in [0.2, 0.25) is 10.0 Å². The molecule has 1 saturated carbocycles.